The summed E-state index contributed by atoms with van der Waals surface area (Å²) in [6.07, 6.45) is 0. The molecule has 0 saturated carbocycles. The fraction of sp³-hybridized carbons (Fsp3) is 0.333. The Bertz CT molecular complexity index is 893. The number of hydrogen-bond donors (Lipinski definition) is 0. The lowest BCUT2D eigenvalue weighted by atomic mass is 10.6. The van der Waals surface area contributed by atoms with E-state index in [9.17, 15) is 19.2 Å². The second kappa shape index (κ2) is 4.35. The fourth-order valence-electron chi connectivity index (χ4n) is 2.20. The first kappa shape index (κ1) is 13.2. The molecule has 8 heteroatoms. The van der Waals surface area contributed by atoms with E-state index >= 15 is 0 Å². The highest BCUT2D eigenvalue weighted by Crippen LogP contribution is 2.25. The molecule has 0 bridgehead atoms. The Morgan fingerprint density at radius 1 is 0.650 bits per heavy atom. The van der Waals surface area contributed by atoms with Crippen LogP contribution in [0.4, 0.5) is 0 Å². The van der Waals surface area contributed by atoms with Gasteiger partial charge in [0.2, 0.25) is 0 Å². The zero-order valence-corrected chi connectivity index (χ0v) is 12.4. The summed E-state index contributed by atoms with van der Waals surface area (Å²) in [5.41, 5.74) is -1.53. The summed E-state index contributed by atoms with van der Waals surface area (Å²) < 4.78 is 3.30. The van der Waals surface area contributed by atoms with Crippen molar-refractivity contribution in [1.29, 1.82) is 0 Å². The van der Waals surface area contributed by atoms with E-state index in [2.05, 4.69) is 0 Å². The van der Waals surface area contributed by atoms with Crippen molar-refractivity contribution >= 4 is 41.5 Å². The van der Waals surface area contributed by atoms with Gasteiger partial charge in [-0.25, -0.2) is 0 Å². The highest BCUT2D eigenvalue weighted by Gasteiger charge is 2.20. The molecule has 0 radical (unpaired) electrons. The van der Waals surface area contributed by atoms with Gasteiger partial charge in [-0.2, -0.15) is 0 Å². The number of fused-ring (bicyclic) bond motifs is 2. The molecule has 104 valence electrons. The van der Waals surface area contributed by atoms with Crippen LogP contribution in [0.2, 0.25) is 0 Å². The van der Waals surface area contributed by atoms with Gasteiger partial charge in [0.1, 0.15) is 18.8 Å². The number of rotatable bonds is 2. The van der Waals surface area contributed by atoms with Crippen LogP contribution in [-0.4, -0.2) is 9.13 Å². The summed E-state index contributed by atoms with van der Waals surface area (Å²) in [7, 11) is 0. The minimum atomic E-state index is -0.383. The normalized spacial score (nSPS) is 11.7. The lowest BCUT2D eigenvalue weighted by Crippen LogP contribution is -2.24. The molecular weight excluding hydrogens is 300 g/mol. The molecule has 0 unspecified atom stereocenters. The van der Waals surface area contributed by atoms with Gasteiger partial charge in [0.25, 0.3) is 22.2 Å². The van der Waals surface area contributed by atoms with Crippen molar-refractivity contribution in [1.82, 2.24) is 9.13 Å². The first-order valence-electron chi connectivity index (χ1n) is 6.07. The van der Waals surface area contributed by atoms with E-state index in [0.29, 0.717) is 0 Å². The monoisotopic (exact) mass is 310 g/mol. The molecule has 20 heavy (non-hydrogen) atoms. The average molecular weight is 310 g/mol. The summed E-state index contributed by atoms with van der Waals surface area (Å²) in [4.78, 5) is 48.4. The predicted octanol–water partition coefficient (Wildman–Crippen LogP) is 0.637. The third-order valence-electron chi connectivity index (χ3n) is 3.21. The number of aromatic nitrogens is 2. The summed E-state index contributed by atoms with van der Waals surface area (Å²) in [6, 6.07) is 0. The molecule has 0 amide bonds. The van der Waals surface area contributed by atoms with E-state index in [0.717, 1.165) is 31.8 Å². The zero-order chi connectivity index (χ0) is 14.6. The molecule has 0 aliphatic rings. The molecule has 0 N–H and O–H groups in total. The molecule has 0 aliphatic carbocycles. The standard InChI is InChI=1S/C12H10N2O4S2/c1-3-13-9(15)5-6(10(13)16)20-8-7(19-5)11(17)14(4-2)12(8)18/h3-4H2,1-2H3. The van der Waals surface area contributed by atoms with Gasteiger partial charge in [-0.3, -0.25) is 28.3 Å². The van der Waals surface area contributed by atoms with E-state index < -0.39 is 0 Å². The smallest absolute Gasteiger partial charge is 0.272 e. The van der Waals surface area contributed by atoms with Crippen LogP contribution >= 0.6 is 22.7 Å². The van der Waals surface area contributed by atoms with Crippen LogP contribution in [-0.2, 0) is 13.1 Å². The molecule has 0 aliphatic heterocycles. The van der Waals surface area contributed by atoms with Crippen LogP contribution in [0.25, 0.3) is 18.8 Å². The Kier molecular flexibility index (Phi) is 2.87. The van der Waals surface area contributed by atoms with Crippen molar-refractivity contribution in [3.05, 3.63) is 41.4 Å². The molecule has 0 saturated heterocycles. The van der Waals surface area contributed by atoms with Crippen LogP contribution in [0.15, 0.2) is 19.2 Å². The molecule has 0 spiro atoms. The Balaban J connectivity index is 2.64. The van der Waals surface area contributed by atoms with Crippen LogP contribution in [0.3, 0.4) is 0 Å². The van der Waals surface area contributed by atoms with E-state index in [1.807, 2.05) is 0 Å². The quantitative estimate of drug-likeness (QED) is 0.696. The second-order valence-electron chi connectivity index (χ2n) is 4.23. The average Bonchev–Trinajstić information content (AvgIpc) is 2.82. The second-order valence-corrected chi connectivity index (χ2v) is 6.27. The van der Waals surface area contributed by atoms with Gasteiger partial charge in [0, 0.05) is 13.1 Å². The van der Waals surface area contributed by atoms with Gasteiger partial charge < -0.3 is 0 Å². The van der Waals surface area contributed by atoms with Crippen molar-refractivity contribution in [2.75, 3.05) is 0 Å². The van der Waals surface area contributed by atoms with Crippen molar-refractivity contribution in [3.63, 3.8) is 0 Å². The molecule has 3 heterocycles. The first-order chi connectivity index (χ1) is 9.51. The zero-order valence-electron chi connectivity index (χ0n) is 10.8. The summed E-state index contributed by atoms with van der Waals surface area (Å²) >= 11 is 1.90. The lowest BCUT2D eigenvalue weighted by molar-refractivity contribution is 0.722. The molecule has 3 aromatic rings. The lowest BCUT2D eigenvalue weighted by Gasteiger charge is -1.88. The summed E-state index contributed by atoms with van der Waals surface area (Å²) in [5.74, 6) is 0. The van der Waals surface area contributed by atoms with E-state index in [1.54, 1.807) is 13.8 Å². The Morgan fingerprint density at radius 3 is 1.10 bits per heavy atom. The number of hydrogen-bond acceptors (Lipinski definition) is 6. The Labute approximate surface area is 119 Å². The van der Waals surface area contributed by atoms with Crippen LogP contribution < -0.4 is 22.2 Å². The van der Waals surface area contributed by atoms with Crippen LogP contribution in [0.5, 0.6) is 0 Å². The van der Waals surface area contributed by atoms with Crippen molar-refractivity contribution in [2.24, 2.45) is 0 Å². The van der Waals surface area contributed by atoms with E-state index in [1.165, 1.54) is 0 Å². The van der Waals surface area contributed by atoms with Gasteiger partial charge >= 0.3 is 0 Å². The maximum atomic E-state index is 12.1. The summed E-state index contributed by atoms with van der Waals surface area (Å²) in [6.45, 7) is 3.97. The van der Waals surface area contributed by atoms with Gasteiger partial charge in [-0.05, 0) is 13.8 Å². The molecule has 0 atom stereocenters. The van der Waals surface area contributed by atoms with Crippen molar-refractivity contribution < 1.29 is 0 Å². The minimum Gasteiger partial charge on any atom is -0.273 e. The molecule has 3 rings (SSSR count). The Hall–Kier alpha value is -1.80. The van der Waals surface area contributed by atoms with E-state index in [4.69, 9.17) is 0 Å². The molecular formula is C12H10N2O4S2. The Morgan fingerprint density at radius 2 is 0.900 bits per heavy atom. The van der Waals surface area contributed by atoms with Crippen molar-refractivity contribution in [2.45, 2.75) is 26.9 Å². The van der Waals surface area contributed by atoms with Gasteiger partial charge in [-0.1, -0.05) is 0 Å². The number of nitrogens with zero attached hydrogens (tertiary/aromatic N) is 2. The molecule has 6 nitrogen and oxygen atoms in total. The highest BCUT2D eigenvalue weighted by molar-refractivity contribution is 7.36. The van der Waals surface area contributed by atoms with Gasteiger partial charge in [0.05, 0.1) is 0 Å². The third kappa shape index (κ3) is 1.49. The first-order valence-corrected chi connectivity index (χ1v) is 7.71. The van der Waals surface area contributed by atoms with Gasteiger partial charge in [-0.15, -0.1) is 22.7 Å². The third-order valence-corrected chi connectivity index (χ3v) is 5.80. The maximum absolute atomic E-state index is 12.1. The molecule has 3 aromatic heterocycles. The topological polar surface area (TPSA) is 78.1 Å². The SMILES string of the molecule is CCn1c(=O)c2sc3c(=O)n(CC)c(=O)c3sc2c1=O. The molecule has 0 aromatic carbocycles. The van der Waals surface area contributed by atoms with Crippen LogP contribution in [0, 0.1) is 0 Å². The minimum absolute atomic E-state index is 0.264. The van der Waals surface area contributed by atoms with Crippen molar-refractivity contribution in [3.8, 4) is 0 Å². The highest BCUT2D eigenvalue weighted by atomic mass is 32.1. The maximum Gasteiger partial charge on any atom is 0.272 e. The molecule has 0 fully saturated rings. The predicted molar refractivity (Wildman–Crippen MR) is 80.8 cm³/mol. The van der Waals surface area contributed by atoms with E-state index in [-0.39, 0.29) is 54.1 Å². The largest absolute Gasteiger partial charge is 0.273 e. The fourth-order valence-corrected chi connectivity index (χ4v) is 4.62. The summed E-state index contributed by atoms with van der Waals surface area (Å²) in [5, 5.41) is 0. The van der Waals surface area contributed by atoms with Gasteiger partial charge in [0.15, 0.2) is 0 Å². The van der Waals surface area contributed by atoms with Crippen LogP contribution in [0.1, 0.15) is 13.8 Å².